The lowest BCUT2D eigenvalue weighted by Crippen LogP contribution is -2.48. The van der Waals surface area contributed by atoms with Crippen LogP contribution >= 0.6 is 11.8 Å². The Morgan fingerprint density at radius 3 is 2.52 bits per heavy atom. The van der Waals surface area contributed by atoms with Crippen molar-refractivity contribution in [2.75, 3.05) is 31.9 Å². The summed E-state index contributed by atoms with van der Waals surface area (Å²) >= 11 is 1.30. The van der Waals surface area contributed by atoms with Crippen molar-refractivity contribution in [2.45, 2.75) is 18.7 Å². The molecule has 1 saturated heterocycles. The van der Waals surface area contributed by atoms with Gasteiger partial charge in [-0.1, -0.05) is 71.9 Å². The highest BCUT2D eigenvalue weighted by atomic mass is 32.2. The van der Waals surface area contributed by atoms with Crippen molar-refractivity contribution in [3.8, 4) is 11.5 Å². The number of piperazine rings is 1. The molecule has 0 bridgehead atoms. The normalized spacial score (nSPS) is 14.6. The Kier molecular flexibility index (Phi) is 6.41. The van der Waals surface area contributed by atoms with E-state index in [1.807, 2.05) is 36.1 Å². The van der Waals surface area contributed by atoms with Gasteiger partial charge in [-0.25, -0.2) is 0 Å². The van der Waals surface area contributed by atoms with Crippen molar-refractivity contribution in [1.82, 2.24) is 20.0 Å². The van der Waals surface area contributed by atoms with Crippen LogP contribution in [0.4, 0.5) is 0 Å². The predicted octanol–water partition coefficient (Wildman–Crippen LogP) is 4.63. The molecule has 0 unspecified atom stereocenters. The van der Waals surface area contributed by atoms with Gasteiger partial charge in [-0.3, -0.25) is 9.69 Å². The van der Waals surface area contributed by atoms with Crippen LogP contribution in [0.25, 0.3) is 22.2 Å². The van der Waals surface area contributed by atoms with E-state index in [-0.39, 0.29) is 5.91 Å². The van der Waals surface area contributed by atoms with Gasteiger partial charge in [-0.15, -0.1) is 10.2 Å². The quantitative estimate of drug-likeness (QED) is 0.393. The summed E-state index contributed by atoms with van der Waals surface area (Å²) in [5, 5.41) is 11.2. The summed E-state index contributed by atoms with van der Waals surface area (Å²) in [4.78, 5) is 17.1. The topological polar surface area (TPSA) is 62.5 Å². The average molecular weight is 459 g/mol. The number of amides is 1. The number of hydrogen-bond donors (Lipinski definition) is 0. The molecule has 0 N–H and O–H groups in total. The highest BCUT2D eigenvalue weighted by molar-refractivity contribution is 7.99. The molecule has 4 aromatic rings. The van der Waals surface area contributed by atoms with Crippen molar-refractivity contribution < 1.29 is 9.21 Å². The van der Waals surface area contributed by atoms with Crippen LogP contribution in [-0.4, -0.2) is 57.8 Å². The van der Waals surface area contributed by atoms with Crippen molar-refractivity contribution in [3.05, 3.63) is 77.9 Å². The maximum atomic E-state index is 12.7. The highest BCUT2D eigenvalue weighted by Gasteiger charge is 2.22. The smallest absolute Gasteiger partial charge is 0.277 e. The molecule has 0 saturated carbocycles. The van der Waals surface area contributed by atoms with E-state index in [1.54, 1.807) is 0 Å². The standard InChI is InChI=1S/C26H26N4O2S/c1-19-9-11-21(12-10-19)25-27-28-26(32-25)33-18-24(31)30-15-13-29(14-16-30)17-22-7-4-6-20-5-2-3-8-23(20)22/h2-12H,13-18H2,1H3. The minimum Gasteiger partial charge on any atom is -0.411 e. The number of aryl methyl sites for hydroxylation is 1. The second-order valence-electron chi connectivity index (χ2n) is 8.32. The first kappa shape index (κ1) is 21.7. The number of carbonyl (C=O) groups excluding carboxylic acids is 1. The summed E-state index contributed by atoms with van der Waals surface area (Å²) in [5.41, 5.74) is 3.40. The molecule has 33 heavy (non-hydrogen) atoms. The second-order valence-corrected chi connectivity index (χ2v) is 9.25. The monoisotopic (exact) mass is 458 g/mol. The first-order valence-corrected chi connectivity index (χ1v) is 12.1. The number of benzene rings is 3. The molecule has 6 nitrogen and oxygen atoms in total. The number of hydrogen-bond acceptors (Lipinski definition) is 6. The first-order chi connectivity index (χ1) is 16.2. The van der Waals surface area contributed by atoms with Gasteiger partial charge in [-0.2, -0.15) is 0 Å². The van der Waals surface area contributed by atoms with Crippen molar-refractivity contribution >= 4 is 28.4 Å². The van der Waals surface area contributed by atoms with Gasteiger partial charge < -0.3 is 9.32 Å². The van der Waals surface area contributed by atoms with E-state index in [0.29, 0.717) is 16.9 Å². The fourth-order valence-corrected chi connectivity index (χ4v) is 4.79. The SMILES string of the molecule is Cc1ccc(-c2nnc(SCC(=O)N3CCN(Cc4cccc5ccccc45)CC3)o2)cc1. The minimum atomic E-state index is 0.111. The lowest BCUT2D eigenvalue weighted by Gasteiger charge is -2.34. The summed E-state index contributed by atoms with van der Waals surface area (Å²) < 4.78 is 5.73. The molecule has 3 aromatic carbocycles. The van der Waals surface area contributed by atoms with Gasteiger partial charge in [0.1, 0.15) is 0 Å². The number of nitrogens with zero attached hydrogens (tertiary/aromatic N) is 4. The molecule has 0 aliphatic carbocycles. The van der Waals surface area contributed by atoms with Gasteiger partial charge in [0.2, 0.25) is 11.8 Å². The molecule has 0 radical (unpaired) electrons. The molecule has 1 aliphatic rings. The third-order valence-electron chi connectivity index (χ3n) is 6.02. The van der Waals surface area contributed by atoms with Gasteiger partial charge >= 0.3 is 0 Å². The molecular weight excluding hydrogens is 432 g/mol. The molecule has 2 heterocycles. The van der Waals surface area contributed by atoms with Gasteiger partial charge in [0.15, 0.2) is 0 Å². The zero-order chi connectivity index (χ0) is 22.6. The number of aromatic nitrogens is 2. The van der Waals surface area contributed by atoms with Gasteiger partial charge in [0, 0.05) is 38.3 Å². The average Bonchev–Trinajstić information content (AvgIpc) is 3.33. The third kappa shape index (κ3) is 5.10. The predicted molar refractivity (Wildman–Crippen MR) is 131 cm³/mol. The van der Waals surface area contributed by atoms with Gasteiger partial charge in [0.25, 0.3) is 5.22 Å². The molecule has 1 amide bonds. The molecule has 168 valence electrons. The van der Waals surface area contributed by atoms with Crippen molar-refractivity contribution in [1.29, 1.82) is 0 Å². The van der Waals surface area contributed by atoms with Gasteiger partial charge in [0.05, 0.1) is 5.75 Å². The first-order valence-electron chi connectivity index (χ1n) is 11.2. The zero-order valence-corrected chi connectivity index (χ0v) is 19.4. The molecule has 1 aliphatic heterocycles. The Balaban J connectivity index is 1.12. The Labute approximate surface area is 197 Å². The Morgan fingerprint density at radius 1 is 0.939 bits per heavy atom. The molecule has 1 fully saturated rings. The highest BCUT2D eigenvalue weighted by Crippen LogP contribution is 2.24. The molecule has 0 atom stereocenters. The lowest BCUT2D eigenvalue weighted by atomic mass is 10.0. The van der Waals surface area contributed by atoms with E-state index in [9.17, 15) is 4.79 Å². The number of carbonyl (C=O) groups is 1. The van der Waals surface area contributed by atoms with E-state index in [2.05, 4.69) is 57.6 Å². The lowest BCUT2D eigenvalue weighted by molar-refractivity contribution is -0.130. The van der Waals surface area contributed by atoms with E-state index >= 15 is 0 Å². The van der Waals surface area contributed by atoms with Crippen LogP contribution in [0.3, 0.4) is 0 Å². The molecule has 0 spiro atoms. The maximum absolute atomic E-state index is 12.7. The molecular formula is C26H26N4O2S. The Morgan fingerprint density at radius 2 is 1.70 bits per heavy atom. The summed E-state index contributed by atoms with van der Waals surface area (Å²) in [7, 11) is 0. The van der Waals surface area contributed by atoms with Crippen LogP contribution in [0.2, 0.25) is 0 Å². The van der Waals surface area contributed by atoms with E-state index in [4.69, 9.17) is 4.42 Å². The van der Waals surface area contributed by atoms with E-state index in [0.717, 1.165) is 38.3 Å². The largest absolute Gasteiger partial charge is 0.411 e. The number of fused-ring (bicyclic) bond motifs is 1. The summed E-state index contributed by atoms with van der Waals surface area (Å²) in [6, 6.07) is 22.9. The fourth-order valence-electron chi connectivity index (χ4n) is 4.12. The Hall–Kier alpha value is -3.16. The van der Waals surface area contributed by atoms with Crippen LogP contribution in [0, 0.1) is 6.92 Å². The second kappa shape index (κ2) is 9.77. The van der Waals surface area contributed by atoms with E-state index < -0.39 is 0 Å². The molecule has 7 heteroatoms. The summed E-state index contributed by atoms with van der Waals surface area (Å²) in [6.07, 6.45) is 0. The number of rotatable bonds is 6. The fraction of sp³-hybridized carbons (Fsp3) is 0.269. The molecule has 1 aromatic heterocycles. The minimum absolute atomic E-state index is 0.111. The van der Waals surface area contributed by atoms with Crippen LogP contribution in [0.1, 0.15) is 11.1 Å². The van der Waals surface area contributed by atoms with Crippen LogP contribution in [0.15, 0.2) is 76.4 Å². The van der Waals surface area contributed by atoms with Crippen LogP contribution < -0.4 is 0 Å². The van der Waals surface area contributed by atoms with Crippen LogP contribution in [0.5, 0.6) is 0 Å². The van der Waals surface area contributed by atoms with Crippen molar-refractivity contribution in [2.24, 2.45) is 0 Å². The number of thioether (sulfide) groups is 1. The van der Waals surface area contributed by atoms with Gasteiger partial charge in [-0.05, 0) is 35.4 Å². The van der Waals surface area contributed by atoms with Crippen LogP contribution in [-0.2, 0) is 11.3 Å². The zero-order valence-electron chi connectivity index (χ0n) is 18.6. The third-order valence-corrected chi connectivity index (χ3v) is 6.83. The molecule has 5 rings (SSSR count). The Bertz CT molecular complexity index is 1240. The van der Waals surface area contributed by atoms with E-state index in [1.165, 1.54) is 33.7 Å². The summed E-state index contributed by atoms with van der Waals surface area (Å²) in [6.45, 7) is 6.16. The maximum Gasteiger partial charge on any atom is 0.277 e. The summed E-state index contributed by atoms with van der Waals surface area (Å²) in [5.74, 6) is 0.894. The van der Waals surface area contributed by atoms with Crippen molar-refractivity contribution in [3.63, 3.8) is 0 Å².